The van der Waals surface area contributed by atoms with Crippen LogP contribution in [-0.4, -0.2) is 28.9 Å². The standard InChI is InChI=1S/C14H17N3O2/c1-11(14(18)19-2)15-10-12-4-6-13(7-5-12)17-9-3-8-16-17/h3-9,11,15H,10H2,1-2H3. The highest BCUT2D eigenvalue weighted by Gasteiger charge is 2.11. The predicted octanol–water partition coefficient (Wildman–Crippen LogP) is 1.52. The van der Waals surface area contributed by atoms with E-state index in [9.17, 15) is 4.79 Å². The lowest BCUT2D eigenvalue weighted by atomic mass is 10.2. The number of methoxy groups -OCH3 is 1. The molecule has 1 N–H and O–H groups in total. The van der Waals surface area contributed by atoms with E-state index >= 15 is 0 Å². The molecule has 0 aliphatic heterocycles. The van der Waals surface area contributed by atoms with Gasteiger partial charge in [-0.05, 0) is 30.7 Å². The third kappa shape index (κ3) is 3.42. The fraction of sp³-hybridized carbons (Fsp3) is 0.286. The Morgan fingerprint density at radius 2 is 2.16 bits per heavy atom. The zero-order valence-corrected chi connectivity index (χ0v) is 11.0. The van der Waals surface area contributed by atoms with E-state index < -0.39 is 0 Å². The van der Waals surface area contributed by atoms with Gasteiger partial charge < -0.3 is 10.1 Å². The number of hydrogen-bond acceptors (Lipinski definition) is 4. The average molecular weight is 259 g/mol. The monoisotopic (exact) mass is 259 g/mol. The number of nitrogens with zero attached hydrogens (tertiary/aromatic N) is 2. The molecule has 0 spiro atoms. The van der Waals surface area contributed by atoms with Crippen molar-refractivity contribution in [3.8, 4) is 5.69 Å². The van der Waals surface area contributed by atoms with Gasteiger partial charge in [0.1, 0.15) is 6.04 Å². The number of benzene rings is 1. The van der Waals surface area contributed by atoms with E-state index in [1.165, 1.54) is 7.11 Å². The van der Waals surface area contributed by atoms with Crippen LogP contribution in [0.5, 0.6) is 0 Å². The van der Waals surface area contributed by atoms with Crippen molar-refractivity contribution in [3.63, 3.8) is 0 Å². The maximum Gasteiger partial charge on any atom is 0.322 e. The molecule has 0 aliphatic rings. The smallest absolute Gasteiger partial charge is 0.322 e. The number of hydrogen-bond donors (Lipinski definition) is 1. The molecule has 0 amide bonds. The van der Waals surface area contributed by atoms with Gasteiger partial charge in [-0.15, -0.1) is 0 Å². The minimum absolute atomic E-state index is 0.256. The summed E-state index contributed by atoms with van der Waals surface area (Å²) in [6, 6.07) is 9.57. The summed E-state index contributed by atoms with van der Waals surface area (Å²) in [4.78, 5) is 11.2. The van der Waals surface area contributed by atoms with Crippen LogP contribution >= 0.6 is 0 Å². The van der Waals surface area contributed by atoms with E-state index in [0.717, 1.165) is 11.3 Å². The normalized spacial score (nSPS) is 12.1. The van der Waals surface area contributed by atoms with Crippen LogP contribution in [0.1, 0.15) is 12.5 Å². The fourth-order valence-electron chi connectivity index (χ4n) is 1.72. The van der Waals surface area contributed by atoms with Gasteiger partial charge in [-0.25, -0.2) is 4.68 Å². The van der Waals surface area contributed by atoms with E-state index in [4.69, 9.17) is 0 Å². The summed E-state index contributed by atoms with van der Waals surface area (Å²) in [6.07, 6.45) is 3.64. The summed E-state index contributed by atoms with van der Waals surface area (Å²) in [7, 11) is 1.39. The topological polar surface area (TPSA) is 56.1 Å². The Bertz CT molecular complexity index is 520. The zero-order chi connectivity index (χ0) is 13.7. The Morgan fingerprint density at radius 1 is 1.42 bits per heavy atom. The molecule has 100 valence electrons. The van der Waals surface area contributed by atoms with Gasteiger partial charge in [-0.1, -0.05) is 12.1 Å². The van der Waals surface area contributed by atoms with Gasteiger partial charge in [0, 0.05) is 18.9 Å². The zero-order valence-electron chi connectivity index (χ0n) is 11.0. The summed E-state index contributed by atoms with van der Waals surface area (Å²) in [6.45, 7) is 2.40. The highest BCUT2D eigenvalue weighted by molar-refractivity contribution is 5.75. The molecule has 5 heteroatoms. The van der Waals surface area contributed by atoms with Gasteiger partial charge in [0.2, 0.25) is 0 Å². The van der Waals surface area contributed by atoms with Gasteiger partial charge in [0.25, 0.3) is 0 Å². The molecular weight excluding hydrogens is 242 g/mol. The fourth-order valence-corrected chi connectivity index (χ4v) is 1.72. The third-order valence-corrected chi connectivity index (χ3v) is 2.87. The van der Waals surface area contributed by atoms with Gasteiger partial charge in [0.15, 0.2) is 0 Å². The number of nitrogens with one attached hydrogen (secondary N) is 1. The summed E-state index contributed by atoms with van der Waals surface area (Å²) in [5, 5.41) is 7.27. The molecular formula is C14H17N3O2. The van der Waals surface area contributed by atoms with E-state index in [-0.39, 0.29) is 12.0 Å². The van der Waals surface area contributed by atoms with Crippen molar-refractivity contribution in [3.05, 3.63) is 48.3 Å². The second-order valence-electron chi connectivity index (χ2n) is 4.24. The molecule has 0 radical (unpaired) electrons. The lowest BCUT2D eigenvalue weighted by Gasteiger charge is -2.11. The Morgan fingerprint density at radius 3 is 2.74 bits per heavy atom. The highest BCUT2D eigenvalue weighted by Crippen LogP contribution is 2.08. The predicted molar refractivity (Wildman–Crippen MR) is 71.9 cm³/mol. The lowest BCUT2D eigenvalue weighted by Crippen LogP contribution is -2.34. The number of carbonyl (C=O) groups excluding carboxylic acids is 1. The quantitative estimate of drug-likeness (QED) is 0.827. The number of esters is 1. The van der Waals surface area contributed by atoms with Gasteiger partial charge in [0.05, 0.1) is 12.8 Å². The van der Waals surface area contributed by atoms with E-state index in [2.05, 4.69) is 15.2 Å². The van der Waals surface area contributed by atoms with Crippen molar-refractivity contribution in [2.75, 3.05) is 7.11 Å². The molecule has 0 bridgehead atoms. The second kappa shape index (κ2) is 6.15. The molecule has 1 atom stereocenters. The molecule has 2 rings (SSSR count). The van der Waals surface area contributed by atoms with Crippen LogP contribution in [0.3, 0.4) is 0 Å². The van der Waals surface area contributed by atoms with Gasteiger partial charge >= 0.3 is 5.97 Å². The molecule has 1 heterocycles. The van der Waals surface area contributed by atoms with Crippen molar-refractivity contribution in [2.24, 2.45) is 0 Å². The van der Waals surface area contributed by atoms with Gasteiger partial charge in [-0.3, -0.25) is 4.79 Å². The SMILES string of the molecule is COC(=O)C(C)NCc1ccc(-n2cccn2)cc1. The van der Waals surface area contributed by atoms with Crippen LogP contribution in [-0.2, 0) is 16.1 Å². The van der Waals surface area contributed by atoms with Crippen molar-refractivity contribution >= 4 is 5.97 Å². The summed E-state index contributed by atoms with van der Waals surface area (Å²) in [5.74, 6) is -0.256. The van der Waals surface area contributed by atoms with Crippen LogP contribution in [0, 0.1) is 0 Å². The molecule has 19 heavy (non-hydrogen) atoms. The number of rotatable bonds is 5. The van der Waals surface area contributed by atoms with Crippen LogP contribution < -0.4 is 5.32 Å². The van der Waals surface area contributed by atoms with Crippen LogP contribution in [0.15, 0.2) is 42.7 Å². The summed E-state index contributed by atoms with van der Waals surface area (Å²) in [5.41, 5.74) is 2.11. The number of ether oxygens (including phenoxy) is 1. The highest BCUT2D eigenvalue weighted by atomic mass is 16.5. The molecule has 5 nitrogen and oxygen atoms in total. The lowest BCUT2D eigenvalue weighted by molar-refractivity contribution is -0.142. The minimum atomic E-state index is -0.309. The molecule has 0 aliphatic carbocycles. The Kier molecular flexibility index (Phi) is 4.30. The van der Waals surface area contributed by atoms with Crippen LogP contribution in [0.4, 0.5) is 0 Å². The van der Waals surface area contributed by atoms with E-state index in [1.54, 1.807) is 17.8 Å². The molecule has 0 saturated carbocycles. The first-order chi connectivity index (χ1) is 9.20. The van der Waals surface area contributed by atoms with Crippen molar-refractivity contribution in [1.82, 2.24) is 15.1 Å². The molecule has 0 saturated heterocycles. The third-order valence-electron chi connectivity index (χ3n) is 2.87. The van der Waals surface area contributed by atoms with E-state index in [0.29, 0.717) is 6.54 Å². The maximum absolute atomic E-state index is 11.2. The van der Waals surface area contributed by atoms with Crippen molar-refractivity contribution in [1.29, 1.82) is 0 Å². The first-order valence-corrected chi connectivity index (χ1v) is 6.11. The summed E-state index contributed by atoms with van der Waals surface area (Å²) < 4.78 is 6.46. The molecule has 0 fully saturated rings. The average Bonchev–Trinajstić information content (AvgIpc) is 2.98. The molecule has 1 unspecified atom stereocenters. The van der Waals surface area contributed by atoms with Gasteiger partial charge in [-0.2, -0.15) is 5.10 Å². The first-order valence-electron chi connectivity index (χ1n) is 6.11. The Balaban J connectivity index is 1.94. The summed E-state index contributed by atoms with van der Waals surface area (Å²) >= 11 is 0. The van der Waals surface area contributed by atoms with Crippen LogP contribution in [0.25, 0.3) is 5.69 Å². The molecule has 1 aromatic carbocycles. The molecule has 1 aromatic heterocycles. The first kappa shape index (κ1) is 13.3. The van der Waals surface area contributed by atoms with Crippen molar-refractivity contribution in [2.45, 2.75) is 19.5 Å². The maximum atomic E-state index is 11.2. The van der Waals surface area contributed by atoms with Crippen molar-refractivity contribution < 1.29 is 9.53 Å². The second-order valence-corrected chi connectivity index (χ2v) is 4.24. The Labute approximate surface area is 112 Å². The van der Waals surface area contributed by atoms with E-state index in [1.807, 2.05) is 36.5 Å². The number of carbonyl (C=O) groups is 1. The van der Waals surface area contributed by atoms with Crippen LogP contribution in [0.2, 0.25) is 0 Å². The molecule has 2 aromatic rings. The number of aromatic nitrogens is 2. The Hall–Kier alpha value is -2.14. The largest absolute Gasteiger partial charge is 0.468 e. The minimum Gasteiger partial charge on any atom is -0.468 e.